The maximum Gasteiger partial charge on any atom is 0.407 e. The molecule has 1 saturated carbocycles. The predicted octanol–water partition coefficient (Wildman–Crippen LogP) is 4.97. The highest BCUT2D eigenvalue weighted by molar-refractivity contribution is 7.22. The van der Waals surface area contributed by atoms with Gasteiger partial charge in [0.2, 0.25) is 5.91 Å². The zero-order valence-corrected chi connectivity index (χ0v) is 17.2. The van der Waals surface area contributed by atoms with Crippen LogP contribution in [0.3, 0.4) is 0 Å². The van der Waals surface area contributed by atoms with Crippen LogP contribution in [0.15, 0.2) is 18.2 Å². The summed E-state index contributed by atoms with van der Waals surface area (Å²) in [7, 11) is 0. The second-order valence-electron chi connectivity index (χ2n) is 7.82. The molecule has 2 N–H and O–H groups in total. The van der Waals surface area contributed by atoms with Crippen molar-refractivity contribution < 1.29 is 14.3 Å². The summed E-state index contributed by atoms with van der Waals surface area (Å²) in [5.74, 6) is -0.0897. The second kappa shape index (κ2) is 8.02. The Bertz CT molecular complexity index is 838. The molecule has 1 aliphatic rings. The van der Waals surface area contributed by atoms with Crippen LogP contribution < -0.4 is 10.6 Å². The molecule has 6 nitrogen and oxygen atoms in total. The Balaban J connectivity index is 1.50. The molecule has 1 heterocycles. The molecule has 2 amide bonds. The number of ether oxygens (including phenoxy) is 1. The number of carbonyl (C=O) groups excluding carboxylic acids is 2. The number of halogens is 1. The van der Waals surface area contributed by atoms with Gasteiger partial charge in [0, 0.05) is 17.0 Å². The van der Waals surface area contributed by atoms with Gasteiger partial charge in [-0.2, -0.15) is 0 Å². The smallest absolute Gasteiger partial charge is 0.407 e. The number of amides is 2. The number of alkyl carbamates (subject to hydrolysis) is 1. The number of thiazole rings is 1. The molecule has 1 aromatic carbocycles. The minimum Gasteiger partial charge on any atom is -0.444 e. The van der Waals surface area contributed by atoms with Gasteiger partial charge in [0.05, 0.1) is 10.2 Å². The molecule has 146 valence electrons. The van der Waals surface area contributed by atoms with Gasteiger partial charge in [-0.05, 0) is 64.7 Å². The van der Waals surface area contributed by atoms with E-state index in [-0.39, 0.29) is 17.9 Å². The average molecular weight is 410 g/mol. The van der Waals surface area contributed by atoms with Crippen molar-refractivity contribution in [2.24, 2.45) is 5.92 Å². The van der Waals surface area contributed by atoms with E-state index in [1.54, 1.807) is 6.07 Å². The van der Waals surface area contributed by atoms with Gasteiger partial charge in [-0.15, -0.1) is 0 Å². The Hall–Kier alpha value is -1.86. The molecule has 1 aliphatic carbocycles. The number of anilines is 1. The van der Waals surface area contributed by atoms with Gasteiger partial charge in [0.25, 0.3) is 0 Å². The Morgan fingerprint density at radius 2 is 1.93 bits per heavy atom. The van der Waals surface area contributed by atoms with E-state index >= 15 is 0 Å². The largest absolute Gasteiger partial charge is 0.444 e. The Kier molecular flexibility index (Phi) is 5.91. The fourth-order valence-corrected chi connectivity index (χ4v) is 4.15. The normalized spacial score (nSPS) is 20.3. The van der Waals surface area contributed by atoms with Crippen molar-refractivity contribution in [3.05, 3.63) is 23.2 Å². The molecule has 3 rings (SSSR count). The SMILES string of the molecule is CC(C)(C)OC(=O)NC1CCC(C(=O)Nc2nc3cc(Cl)ccc3s2)CC1. The summed E-state index contributed by atoms with van der Waals surface area (Å²) in [5, 5.41) is 7.03. The third-order valence-electron chi connectivity index (χ3n) is 4.40. The summed E-state index contributed by atoms with van der Waals surface area (Å²) in [4.78, 5) is 28.8. The van der Waals surface area contributed by atoms with Gasteiger partial charge >= 0.3 is 6.09 Å². The first-order valence-electron chi connectivity index (χ1n) is 9.06. The number of carbonyl (C=O) groups is 2. The Morgan fingerprint density at radius 3 is 2.59 bits per heavy atom. The van der Waals surface area contributed by atoms with Crippen molar-refractivity contribution in [2.75, 3.05) is 5.32 Å². The first-order chi connectivity index (χ1) is 12.7. The summed E-state index contributed by atoms with van der Waals surface area (Å²) in [6, 6.07) is 5.55. The van der Waals surface area contributed by atoms with Crippen LogP contribution in [0, 0.1) is 5.92 Å². The van der Waals surface area contributed by atoms with E-state index in [9.17, 15) is 9.59 Å². The third-order valence-corrected chi connectivity index (χ3v) is 5.59. The van der Waals surface area contributed by atoms with Gasteiger partial charge in [0.15, 0.2) is 5.13 Å². The lowest BCUT2D eigenvalue weighted by Crippen LogP contribution is -2.42. The summed E-state index contributed by atoms with van der Waals surface area (Å²) in [5.41, 5.74) is 0.274. The van der Waals surface area contributed by atoms with Gasteiger partial charge in [-0.3, -0.25) is 4.79 Å². The number of hydrogen-bond donors (Lipinski definition) is 2. The van der Waals surface area contributed by atoms with Crippen molar-refractivity contribution in [1.29, 1.82) is 0 Å². The van der Waals surface area contributed by atoms with Gasteiger partial charge in [-0.25, -0.2) is 9.78 Å². The molecular formula is C19H24ClN3O3S. The molecule has 0 atom stereocenters. The van der Waals surface area contributed by atoms with Crippen LogP contribution in [0.25, 0.3) is 10.2 Å². The van der Waals surface area contributed by atoms with Gasteiger partial charge < -0.3 is 15.4 Å². The monoisotopic (exact) mass is 409 g/mol. The van der Waals surface area contributed by atoms with Crippen LogP contribution in [0.1, 0.15) is 46.5 Å². The molecule has 8 heteroatoms. The maximum absolute atomic E-state index is 12.5. The standard InChI is InChI=1S/C19H24ClN3O3S/c1-19(2,3)26-18(25)21-13-7-4-11(5-8-13)16(24)23-17-22-14-10-12(20)6-9-15(14)27-17/h6,9-11,13H,4-5,7-8H2,1-3H3,(H,21,25)(H,22,23,24). The topological polar surface area (TPSA) is 80.3 Å². The summed E-state index contributed by atoms with van der Waals surface area (Å²) in [6.07, 6.45) is 2.56. The van der Waals surface area contributed by atoms with E-state index in [1.807, 2.05) is 32.9 Å². The molecule has 0 unspecified atom stereocenters. The average Bonchev–Trinajstić information content (AvgIpc) is 2.94. The van der Waals surface area contributed by atoms with E-state index in [4.69, 9.17) is 16.3 Å². The number of fused-ring (bicyclic) bond motifs is 1. The van der Waals surface area contributed by atoms with Gasteiger partial charge in [0.1, 0.15) is 5.60 Å². The summed E-state index contributed by atoms with van der Waals surface area (Å²) in [6.45, 7) is 5.51. The minimum atomic E-state index is -0.511. The Labute approximate surface area is 167 Å². The number of nitrogens with one attached hydrogen (secondary N) is 2. The molecule has 0 saturated heterocycles. The highest BCUT2D eigenvalue weighted by Crippen LogP contribution is 2.30. The lowest BCUT2D eigenvalue weighted by atomic mass is 9.85. The molecule has 0 spiro atoms. The van der Waals surface area contributed by atoms with Crippen LogP contribution in [0.5, 0.6) is 0 Å². The van der Waals surface area contributed by atoms with Crippen molar-refractivity contribution >= 4 is 50.3 Å². The zero-order valence-electron chi connectivity index (χ0n) is 15.7. The van der Waals surface area contributed by atoms with Crippen LogP contribution in [0.4, 0.5) is 9.93 Å². The number of nitrogens with zero attached hydrogens (tertiary/aromatic N) is 1. The van der Waals surface area contributed by atoms with Crippen LogP contribution in [-0.4, -0.2) is 28.6 Å². The molecule has 0 radical (unpaired) electrons. The molecule has 0 aliphatic heterocycles. The van der Waals surface area contributed by atoms with Crippen molar-refractivity contribution in [3.63, 3.8) is 0 Å². The quantitative estimate of drug-likeness (QED) is 0.749. The van der Waals surface area contributed by atoms with E-state index in [2.05, 4.69) is 15.6 Å². The minimum absolute atomic E-state index is 0.0177. The Morgan fingerprint density at radius 1 is 1.22 bits per heavy atom. The lowest BCUT2D eigenvalue weighted by Gasteiger charge is -2.29. The van der Waals surface area contributed by atoms with Gasteiger partial charge in [-0.1, -0.05) is 22.9 Å². The van der Waals surface area contributed by atoms with Crippen LogP contribution >= 0.6 is 22.9 Å². The zero-order chi connectivity index (χ0) is 19.6. The third kappa shape index (κ3) is 5.56. The maximum atomic E-state index is 12.5. The lowest BCUT2D eigenvalue weighted by molar-refractivity contribution is -0.120. The number of hydrogen-bond acceptors (Lipinski definition) is 5. The molecule has 1 fully saturated rings. The highest BCUT2D eigenvalue weighted by atomic mass is 35.5. The van der Waals surface area contributed by atoms with Crippen LogP contribution in [0.2, 0.25) is 5.02 Å². The highest BCUT2D eigenvalue weighted by Gasteiger charge is 2.28. The van der Waals surface area contributed by atoms with Crippen LogP contribution in [-0.2, 0) is 9.53 Å². The first kappa shape index (κ1) is 19.9. The molecule has 0 bridgehead atoms. The number of aromatic nitrogens is 1. The number of rotatable bonds is 3. The second-order valence-corrected chi connectivity index (χ2v) is 9.28. The molecule has 1 aromatic heterocycles. The molecule has 27 heavy (non-hydrogen) atoms. The molecule has 2 aromatic rings. The van der Waals surface area contributed by atoms with E-state index in [0.29, 0.717) is 10.2 Å². The molecular weight excluding hydrogens is 386 g/mol. The summed E-state index contributed by atoms with van der Waals surface area (Å²) >= 11 is 7.42. The fourth-order valence-electron chi connectivity index (χ4n) is 3.14. The van der Waals surface area contributed by atoms with Crippen molar-refractivity contribution in [1.82, 2.24) is 10.3 Å². The van der Waals surface area contributed by atoms with Crippen molar-refractivity contribution in [3.8, 4) is 0 Å². The van der Waals surface area contributed by atoms with E-state index in [1.165, 1.54) is 11.3 Å². The van der Waals surface area contributed by atoms with Crippen molar-refractivity contribution in [2.45, 2.75) is 58.1 Å². The number of benzene rings is 1. The van der Waals surface area contributed by atoms with E-state index in [0.717, 1.165) is 35.9 Å². The fraction of sp³-hybridized carbons (Fsp3) is 0.526. The first-order valence-corrected chi connectivity index (χ1v) is 10.3. The van der Waals surface area contributed by atoms with E-state index < -0.39 is 11.7 Å². The summed E-state index contributed by atoms with van der Waals surface area (Å²) < 4.78 is 6.27. The predicted molar refractivity (Wildman–Crippen MR) is 108 cm³/mol.